The molecule has 0 saturated heterocycles. The number of rotatable bonds is 4. The van der Waals surface area contributed by atoms with E-state index >= 15 is 0 Å². The first-order valence-electron chi connectivity index (χ1n) is 5.97. The average Bonchev–Trinajstić information content (AvgIpc) is 2.37. The van der Waals surface area contributed by atoms with Crippen molar-refractivity contribution in [3.63, 3.8) is 0 Å². The van der Waals surface area contributed by atoms with E-state index in [1.807, 2.05) is 0 Å². The second-order valence-electron chi connectivity index (χ2n) is 5.28. The molecule has 0 aliphatic heterocycles. The van der Waals surface area contributed by atoms with Gasteiger partial charge < -0.3 is 9.84 Å². The van der Waals surface area contributed by atoms with Gasteiger partial charge in [-0.2, -0.15) is 13.2 Å². The summed E-state index contributed by atoms with van der Waals surface area (Å²) in [6.45, 7) is 3.06. The lowest BCUT2D eigenvalue weighted by molar-refractivity contribution is -0.266. The van der Waals surface area contributed by atoms with E-state index in [2.05, 4.69) is 4.74 Å². The molecule has 1 aromatic rings. The molecule has 0 saturated carbocycles. The number of carbonyl (C=O) groups excluding carboxylic acids is 1. The minimum absolute atomic E-state index is 0.589. The van der Waals surface area contributed by atoms with Crippen molar-refractivity contribution in [1.82, 2.24) is 0 Å². The van der Waals surface area contributed by atoms with E-state index in [1.165, 1.54) is 13.8 Å². The van der Waals surface area contributed by atoms with Crippen LogP contribution in [0.1, 0.15) is 25.8 Å². The van der Waals surface area contributed by atoms with E-state index in [-0.39, 0.29) is 0 Å². The first-order valence-corrected chi connectivity index (χ1v) is 5.97. The number of aliphatic hydroxyl groups is 1. The maximum absolute atomic E-state index is 13.0. The smallest absolute Gasteiger partial charge is 0.428 e. The summed E-state index contributed by atoms with van der Waals surface area (Å²) >= 11 is 0. The van der Waals surface area contributed by atoms with Crippen molar-refractivity contribution in [3.05, 3.63) is 35.9 Å². The highest BCUT2D eigenvalue weighted by molar-refractivity contribution is 5.80. The van der Waals surface area contributed by atoms with Gasteiger partial charge in [0.05, 0.1) is 7.11 Å². The van der Waals surface area contributed by atoms with E-state index in [1.54, 1.807) is 30.3 Å². The Morgan fingerprint density at radius 1 is 1.20 bits per heavy atom. The lowest BCUT2D eigenvalue weighted by Gasteiger charge is -2.35. The Morgan fingerprint density at radius 2 is 1.70 bits per heavy atom. The van der Waals surface area contributed by atoms with Crippen LogP contribution in [0.25, 0.3) is 0 Å². The van der Waals surface area contributed by atoms with Crippen molar-refractivity contribution in [2.24, 2.45) is 0 Å². The van der Waals surface area contributed by atoms with Crippen molar-refractivity contribution in [2.75, 3.05) is 7.11 Å². The van der Waals surface area contributed by atoms with Crippen LogP contribution in [-0.2, 0) is 14.9 Å². The zero-order valence-corrected chi connectivity index (χ0v) is 11.5. The Bertz CT molecular complexity index is 468. The van der Waals surface area contributed by atoms with Crippen molar-refractivity contribution < 1.29 is 27.8 Å². The minimum Gasteiger partial charge on any atom is -0.467 e. The molecule has 1 unspecified atom stereocenters. The number of carbonyl (C=O) groups is 1. The fourth-order valence-corrected chi connectivity index (χ4v) is 2.09. The van der Waals surface area contributed by atoms with E-state index in [9.17, 15) is 23.1 Å². The van der Waals surface area contributed by atoms with Crippen molar-refractivity contribution in [1.29, 1.82) is 0 Å². The number of ether oxygens (including phenoxy) is 1. The summed E-state index contributed by atoms with van der Waals surface area (Å²) < 4.78 is 43.2. The number of alkyl halides is 3. The highest BCUT2D eigenvalue weighted by atomic mass is 19.4. The van der Waals surface area contributed by atoms with Gasteiger partial charge in [-0.05, 0) is 11.0 Å². The van der Waals surface area contributed by atoms with Gasteiger partial charge in [-0.25, -0.2) is 4.79 Å². The molecule has 1 atom stereocenters. The molecule has 0 amide bonds. The Balaban J connectivity index is 3.17. The molecule has 0 bridgehead atoms. The topological polar surface area (TPSA) is 46.5 Å². The lowest BCUT2D eigenvalue weighted by atomic mass is 9.75. The molecule has 20 heavy (non-hydrogen) atoms. The second-order valence-corrected chi connectivity index (χ2v) is 5.28. The molecule has 6 heteroatoms. The molecule has 0 aromatic heterocycles. The maximum atomic E-state index is 13.0. The quantitative estimate of drug-likeness (QED) is 0.867. The van der Waals surface area contributed by atoms with Crippen LogP contribution in [0.15, 0.2) is 30.3 Å². The van der Waals surface area contributed by atoms with Gasteiger partial charge >= 0.3 is 12.1 Å². The Hall–Kier alpha value is -1.56. The summed E-state index contributed by atoms with van der Waals surface area (Å²) in [5, 5.41) is 9.81. The molecule has 1 rings (SSSR count). The van der Waals surface area contributed by atoms with E-state index in [0.29, 0.717) is 5.56 Å². The third kappa shape index (κ3) is 3.12. The average molecular weight is 290 g/mol. The van der Waals surface area contributed by atoms with Crippen LogP contribution in [0, 0.1) is 0 Å². The fourth-order valence-electron chi connectivity index (χ4n) is 2.09. The molecule has 1 N–H and O–H groups in total. The predicted molar refractivity (Wildman–Crippen MR) is 67.1 cm³/mol. The molecule has 0 spiro atoms. The molecule has 0 aliphatic rings. The predicted octanol–water partition coefficient (Wildman–Crippen LogP) is 2.82. The SMILES string of the molecule is COC(=O)C(O)(CC(C)(C)c1ccccc1)C(F)(F)F. The summed E-state index contributed by atoms with van der Waals surface area (Å²) in [6.07, 6.45) is -5.92. The van der Waals surface area contributed by atoms with Crippen LogP contribution in [-0.4, -0.2) is 30.0 Å². The largest absolute Gasteiger partial charge is 0.467 e. The fraction of sp³-hybridized carbons (Fsp3) is 0.500. The van der Waals surface area contributed by atoms with Crippen LogP contribution in [0.5, 0.6) is 0 Å². The van der Waals surface area contributed by atoms with Crippen molar-refractivity contribution in [3.8, 4) is 0 Å². The highest BCUT2D eigenvalue weighted by Gasteiger charge is 2.62. The number of hydrogen-bond donors (Lipinski definition) is 1. The van der Waals surface area contributed by atoms with Gasteiger partial charge in [-0.15, -0.1) is 0 Å². The molecule has 0 heterocycles. The third-order valence-electron chi connectivity index (χ3n) is 3.25. The molecule has 0 radical (unpaired) electrons. The maximum Gasteiger partial charge on any atom is 0.428 e. The van der Waals surface area contributed by atoms with Gasteiger partial charge in [0.15, 0.2) is 0 Å². The standard InChI is InChI=1S/C14H17F3O3/c1-12(2,10-7-5-4-6-8-10)9-13(19,11(18)20-3)14(15,16)17/h4-8,19H,9H2,1-3H3. The normalized spacial score (nSPS) is 15.6. The highest BCUT2D eigenvalue weighted by Crippen LogP contribution is 2.41. The summed E-state index contributed by atoms with van der Waals surface area (Å²) in [5.41, 5.74) is -3.99. The van der Waals surface area contributed by atoms with E-state index < -0.39 is 29.6 Å². The number of hydrogen-bond acceptors (Lipinski definition) is 3. The van der Waals surface area contributed by atoms with E-state index in [0.717, 1.165) is 7.11 Å². The summed E-state index contributed by atoms with van der Waals surface area (Å²) in [5.74, 6) is -1.70. The van der Waals surface area contributed by atoms with Gasteiger partial charge in [0, 0.05) is 6.42 Å². The Kier molecular flexibility index (Phi) is 4.49. The van der Waals surface area contributed by atoms with Crippen molar-refractivity contribution >= 4 is 5.97 Å². The Morgan fingerprint density at radius 3 is 2.10 bits per heavy atom. The molecule has 1 aromatic carbocycles. The number of esters is 1. The van der Waals surface area contributed by atoms with Gasteiger partial charge in [0.25, 0.3) is 5.60 Å². The molecule has 3 nitrogen and oxygen atoms in total. The van der Waals surface area contributed by atoms with E-state index in [4.69, 9.17) is 0 Å². The van der Waals surface area contributed by atoms with Crippen LogP contribution >= 0.6 is 0 Å². The van der Waals surface area contributed by atoms with Gasteiger partial charge in [-0.1, -0.05) is 44.2 Å². The summed E-state index contributed by atoms with van der Waals surface area (Å²) in [4.78, 5) is 11.4. The minimum atomic E-state index is -5.11. The third-order valence-corrected chi connectivity index (χ3v) is 3.25. The number of halogens is 3. The van der Waals surface area contributed by atoms with Gasteiger partial charge in [0.1, 0.15) is 0 Å². The number of benzene rings is 1. The van der Waals surface area contributed by atoms with Crippen LogP contribution in [0.3, 0.4) is 0 Å². The molecular formula is C14H17F3O3. The molecule has 0 aliphatic carbocycles. The van der Waals surface area contributed by atoms with Crippen LogP contribution in [0.2, 0.25) is 0 Å². The monoisotopic (exact) mass is 290 g/mol. The second kappa shape index (κ2) is 5.44. The first kappa shape index (κ1) is 16.5. The lowest BCUT2D eigenvalue weighted by Crippen LogP contribution is -2.55. The number of methoxy groups -OCH3 is 1. The first-order chi connectivity index (χ1) is 9.04. The van der Waals surface area contributed by atoms with Crippen LogP contribution < -0.4 is 0 Å². The Labute approximate surface area is 115 Å². The van der Waals surface area contributed by atoms with Crippen LogP contribution in [0.4, 0.5) is 13.2 Å². The summed E-state index contributed by atoms with van der Waals surface area (Å²) in [7, 11) is 0.814. The molecular weight excluding hydrogens is 273 g/mol. The van der Waals surface area contributed by atoms with Crippen molar-refractivity contribution in [2.45, 2.75) is 37.5 Å². The zero-order valence-electron chi connectivity index (χ0n) is 11.5. The van der Waals surface area contributed by atoms with Gasteiger partial charge in [-0.3, -0.25) is 0 Å². The molecule has 112 valence electrons. The zero-order chi connectivity index (χ0) is 15.6. The van der Waals surface area contributed by atoms with Gasteiger partial charge in [0.2, 0.25) is 0 Å². The molecule has 0 fully saturated rings. The summed E-state index contributed by atoms with van der Waals surface area (Å²) in [6, 6.07) is 8.39.